The third-order valence-electron chi connectivity index (χ3n) is 2.67. The molecule has 0 aliphatic heterocycles. The Hall–Kier alpha value is -2.00. The first-order valence-electron chi connectivity index (χ1n) is 5.09. The van der Waals surface area contributed by atoms with Crippen LogP contribution in [0.4, 0.5) is 0 Å². The molecule has 3 aromatic rings. The normalized spacial score (nSPS) is 10.9. The molecule has 3 nitrogen and oxygen atoms in total. The van der Waals surface area contributed by atoms with Crippen LogP contribution in [0.3, 0.4) is 0 Å². The number of carbonyl (C=O) groups is 1. The van der Waals surface area contributed by atoms with Crippen LogP contribution in [-0.4, -0.2) is 10.8 Å². The summed E-state index contributed by atoms with van der Waals surface area (Å²) in [4.78, 5) is 15.2. The summed E-state index contributed by atoms with van der Waals surface area (Å²) in [5.74, 6) is -0.0627. The maximum absolute atomic E-state index is 12.2. The molecule has 0 spiro atoms. The molecule has 2 heterocycles. The Morgan fingerprint density at radius 2 is 2.18 bits per heavy atom. The summed E-state index contributed by atoms with van der Waals surface area (Å²) in [6.07, 6.45) is 4.62. The van der Waals surface area contributed by atoms with E-state index in [4.69, 9.17) is 16.0 Å². The Bertz CT molecular complexity index is 683. The monoisotopic (exact) mass is 245 g/mol. The van der Waals surface area contributed by atoms with Gasteiger partial charge in [-0.3, -0.25) is 4.79 Å². The van der Waals surface area contributed by atoms with Crippen molar-refractivity contribution >= 4 is 28.3 Å². The number of H-pyrrole nitrogens is 1. The molecule has 0 radical (unpaired) electrons. The van der Waals surface area contributed by atoms with Gasteiger partial charge in [0.05, 0.1) is 11.8 Å². The lowest BCUT2D eigenvalue weighted by atomic mass is 10.1. The number of aromatic amines is 1. The second kappa shape index (κ2) is 3.79. The highest BCUT2D eigenvalue weighted by atomic mass is 35.5. The second-order valence-electron chi connectivity index (χ2n) is 3.73. The zero-order valence-electron chi connectivity index (χ0n) is 8.74. The van der Waals surface area contributed by atoms with Crippen molar-refractivity contribution in [3.8, 4) is 0 Å². The van der Waals surface area contributed by atoms with Crippen molar-refractivity contribution < 1.29 is 9.21 Å². The molecule has 0 aliphatic carbocycles. The predicted molar refractivity (Wildman–Crippen MR) is 65.4 cm³/mol. The molecule has 0 saturated carbocycles. The minimum atomic E-state index is -0.0627. The highest BCUT2D eigenvalue weighted by molar-refractivity contribution is 6.31. The first kappa shape index (κ1) is 10.2. The summed E-state index contributed by atoms with van der Waals surface area (Å²) in [6.45, 7) is 0. The number of aromatic nitrogens is 1. The SMILES string of the molecule is O=C(c1ccoc1)c1c[nH]c2cc(Cl)ccc12. The van der Waals surface area contributed by atoms with Gasteiger partial charge in [0, 0.05) is 27.7 Å². The van der Waals surface area contributed by atoms with Gasteiger partial charge >= 0.3 is 0 Å². The Morgan fingerprint density at radius 3 is 2.94 bits per heavy atom. The number of halogens is 1. The van der Waals surface area contributed by atoms with E-state index in [1.165, 1.54) is 12.5 Å². The molecule has 0 aliphatic rings. The highest BCUT2D eigenvalue weighted by Crippen LogP contribution is 2.24. The van der Waals surface area contributed by atoms with Crippen LogP contribution in [0.5, 0.6) is 0 Å². The summed E-state index contributed by atoms with van der Waals surface area (Å²) in [6, 6.07) is 7.05. The predicted octanol–water partition coefficient (Wildman–Crippen LogP) is 3.65. The minimum Gasteiger partial charge on any atom is -0.472 e. The number of carbonyl (C=O) groups excluding carboxylic acids is 1. The smallest absolute Gasteiger partial charge is 0.198 e. The molecule has 17 heavy (non-hydrogen) atoms. The topological polar surface area (TPSA) is 46.0 Å². The fourth-order valence-corrected chi connectivity index (χ4v) is 2.01. The number of ketones is 1. The first-order valence-corrected chi connectivity index (χ1v) is 5.47. The molecule has 3 rings (SSSR count). The van der Waals surface area contributed by atoms with Crippen molar-refractivity contribution in [2.45, 2.75) is 0 Å². The van der Waals surface area contributed by atoms with E-state index >= 15 is 0 Å². The lowest BCUT2D eigenvalue weighted by Crippen LogP contribution is -1.97. The average Bonchev–Trinajstić information content (AvgIpc) is 2.96. The standard InChI is InChI=1S/C13H8ClNO2/c14-9-1-2-10-11(6-15-12(10)5-9)13(16)8-3-4-17-7-8/h1-7,15H. The van der Waals surface area contributed by atoms with Crippen LogP contribution in [-0.2, 0) is 0 Å². The van der Waals surface area contributed by atoms with E-state index in [2.05, 4.69) is 4.98 Å². The van der Waals surface area contributed by atoms with E-state index < -0.39 is 0 Å². The minimum absolute atomic E-state index is 0.0627. The zero-order valence-corrected chi connectivity index (χ0v) is 9.49. The number of hydrogen-bond acceptors (Lipinski definition) is 2. The fourth-order valence-electron chi connectivity index (χ4n) is 1.84. The van der Waals surface area contributed by atoms with Crippen LogP contribution < -0.4 is 0 Å². The van der Waals surface area contributed by atoms with Gasteiger partial charge in [0.15, 0.2) is 5.78 Å². The van der Waals surface area contributed by atoms with Gasteiger partial charge in [0.25, 0.3) is 0 Å². The van der Waals surface area contributed by atoms with Crippen molar-refractivity contribution in [1.29, 1.82) is 0 Å². The van der Waals surface area contributed by atoms with E-state index in [-0.39, 0.29) is 5.78 Å². The van der Waals surface area contributed by atoms with Crippen LogP contribution >= 0.6 is 11.6 Å². The molecular weight excluding hydrogens is 238 g/mol. The number of fused-ring (bicyclic) bond motifs is 1. The molecule has 0 bridgehead atoms. The summed E-state index contributed by atoms with van der Waals surface area (Å²) < 4.78 is 4.91. The Kier molecular flexibility index (Phi) is 2.27. The highest BCUT2D eigenvalue weighted by Gasteiger charge is 2.14. The molecule has 2 aromatic heterocycles. The molecule has 4 heteroatoms. The number of nitrogens with one attached hydrogen (secondary N) is 1. The second-order valence-corrected chi connectivity index (χ2v) is 4.17. The summed E-state index contributed by atoms with van der Waals surface area (Å²) in [7, 11) is 0. The Labute approximate surface area is 102 Å². The van der Waals surface area contributed by atoms with Crippen LogP contribution in [0.25, 0.3) is 10.9 Å². The zero-order chi connectivity index (χ0) is 11.8. The van der Waals surface area contributed by atoms with Crippen molar-refractivity contribution in [2.75, 3.05) is 0 Å². The maximum atomic E-state index is 12.2. The van der Waals surface area contributed by atoms with E-state index in [9.17, 15) is 4.79 Å². The van der Waals surface area contributed by atoms with E-state index in [1.807, 2.05) is 6.07 Å². The van der Waals surface area contributed by atoms with E-state index in [0.29, 0.717) is 16.1 Å². The van der Waals surface area contributed by atoms with Gasteiger partial charge in [0.1, 0.15) is 6.26 Å². The molecule has 1 N–H and O–H groups in total. The quantitative estimate of drug-likeness (QED) is 0.701. The molecule has 84 valence electrons. The third kappa shape index (κ3) is 1.65. The molecule has 0 fully saturated rings. The fraction of sp³-hybridized carbons (Fsp3) is 0. The molecule has 0 atom stereocenters. The Balaban J connectivity index is 2.15. The van der Waals surface area contributed by atoms with Crippen LogP contribution in [0.15, 0.2) is 47.4 Å². The molecule has 0 saturated heterocycles. The van der Waals surface area contributed by atoms with Crippen LogP contribution in [0.1, 0.15) is 15.9 Å². The average molecular weight is 246 g/mol. The van der Waals surface area contributed by atoms with Gasteiger partial charge in [-0.15, -0.1) is 0 Å². The third-order valence-corrected chi connectivity index (χ3v) is 2.91. The van der Waals surface area contributed by atoms with Gasteiger partial charge in [-0.2, -0.15) is 0 Å². The molecular formula is C13H8ClNO2. The lowest BCUT2D eigenvalue weighted by molar-refractivity contribution is 0.103. The van der Waals surface area contributed by atoms with Gasteiger partial charge in [-0.05, 0) is 18.2 Å². The van der Waals surface area contributed by atoms with Gasteiger partial charge in [-0.25, -0.2) is 0 Å². The number of benzene rings is 1. The van der Waals surface area contributed by atoms with Crippen LogP contribution in [0.2, 0.25) is 5.02 Å². The lowest BCUT2D eigenvalue weighted by Gasteiger charge is -1.96. The van der Waals surface area contributed by atoms with Gasteiger partial charge < -0.3 is 9.40 Å². The number of rotatable bonds is 2. The Morgan fingerprint density at radius 1 is 1.29 bits per heavy atom. The van der Waals surface area contributed by atoms with Crippen molar-refractivity contribution in [3.05, 3.63) is 59.1 Å². The van der Waals surface area contributed by atoms with Crippen LogP contribution in [0, 0.1) is 0 Å². The number of hydrogen-bond donors (Lipinski definition) is 1. The summed E-state index contributed by atoms with van der Waals surface area (Å²) in [5, 5.41) is 1.50. The van der Waals surface area contributed by atoms with E-state index in [1.54, 1.807) is 24.4 Å². The summed E-state index contributed by atoms with van der Waals surface area (Å²) in [5.41, 5.74) is 2.02. The summed E-state index contributed by atoms with van der Waals surface area (Å²) >= 11 is 5.89. The van der Waals surface area contributed by atoms with Gasteiger partial charge in [-0.1, -0.05) is 17.7 Å². The molecule has 1 aromatic carbocycles. The first-order chi connectivity index (χ1) is 8.25. The largest absolute Gasteiger partial charge is 0.472 e. The van der Waals surface area contributed by atoms with Crippen molar-refractivity contribution in [2.24, 2.45) is 0 Å². The maximum Gasteiger partial charge on any atom is 0.198 e. The molecule has 0 unspecified atom stereocenters. The number of furan rings is 1. The van der Waals surface area contributed by atoms with Gasteiger partial charge in [0.2, 0.25) is 0 Å². The van der Waals surface area contributed by atoms with E-state index in [0.717, 1.165) is 10.9 Å². The van der Waals surface area contributed by atoms with Crippen molar-refractivity contribution in [1.82, 2.24) is 4.98 Å². The molecule has 0 amide bonds. The van der Waals surface area contributed by atoms with Crippen molar-refractivity contribution in [3.63, 3.8) is 0 Å².